The molecule has 1 saturated carbocycles. The van der Waals surface area contributed by atoms with Gasteiger partial charge in [0.25, 0.3) is 0 Å². The average Bonchev–Trinajstić information content (AvgIpc) is 2.45. The van der Waals surface area contributed by atoms with E-state index in [1.807, 2.05) is 20.8 Å². The molecule has 2 N–H and O–H groups in total. The zero-order chi connectivity index (χ0) is 15.1. The van der Waals surface area contributed by atoms with Crippen molar-refractivity contribution in [1.29, 1.82) is 0 Å². The second kappa shape index (κ2) is 8.12. The molecule has 0 bridgehead atoms. The number of urea groups is 1. The van der Waals surface area contributed by atoms with Crippen molar-refractivity contribution in [2.45, 2.75) is 71.4 Å². The molecule has 0 spiro atoms. The van der Waals surface area contributed by atoms with Gasteiger partial charge in [-0.25, -0.2) is 9.59 Å². The van der Waals surface area contributed by atoms with Gasteiger partial charge in [0.15, 0.2) is 0 Å². The van der Waals surface area contributed by atoms with Crippen LogP contribution in [0.4, 0.5) is 4.79 Å². The number of carboxylic acid groups (broad SMARTS) is 1. The lowest BCUT2D eigenvalue weighted by Gasteiger charge is -2.35. The molecule has 0 aromatic heterocycles. The average molecular weight is 284 g/mol. The van der Waals surface area contributed by atoms with Gasteiger partial charge in [0.1, 0.15) is 6.04 Å². The molecular weight excluding hydrogens is 256 g/mol. The van der Waals surface area contributed by atoms with Gasteiger partial charge < -0.3 is 15.3 Å². The zero-order valence-electron chi connectivity index (χ0n) is 12.9. The van der Waals surface area contributed by atoms with E-state index in [9.17, 15) is 14.7 Å². The van der Waals surface area contributed by atoms with E-state index in [4.69, 9.17) is 0 Å². The molecule has 1 unspecified atom stereocenters. The number of rotatable bonds is 6. The molecule has 0 radical (unpaired) electrons. The SMILES string of the molecule is CCC(C)[C@H](NC(=O)N(CC)C1CCCCC1)C(=O)O. The van der Waals surface area contributed by atoms with E-state index in [2.05, 4.69) is 5.32 Å². The summed E-state index contributed by atoms with van der Waals surface area (Å²) < 4.78 is 0. The molecule has 5 heteroatoms. The van der Waals surface area contributed by atoms with Gasteiger partial charge in [-0.05, 0) is 25.7 Å². The van der Waals surface area contributed by atoms with Crippen molar-refractivity contribution in [3.63, 3.8) is 0 Å². The Bertz CT molecular complexity index is 327. The van der Waals surface area contributed by atoms with E-state index >= 15 is 0 Å². The van der Waals surface area contributed by atoms with Gasteiger partial charge in [-0.3, -0.25) is 0 Å². The van der Waals surface area contributed by atoms with E-state index in [1.54, 1.807) is 4.90 Å². The van der Waals surface area contributed by atoms with Crippen LogP contribution < -0.4 is 5.32 Å². The summed E-state index contributed by atoms with van der Waals surface area (Å²) >= 11 is 0. The molecule has 0 aromatic carbocycles. The topological polar surface area (TPSA) is 69.6 Å². The van der Waals surface area contributed by atoms with Crippen LogP contribution in [0.2, 0.25) is 0 Å². The van der Waals surface area contributed by atoms with Gasteiger partial charge in [-0.1, -0.05) is 39.5 Å². The maximum Gasteiger partial charge on any atom is 0.326 e. The van der Waals surface area contributed by atoms with E-state index in [-0.39, 0.29) is 18.0 Å². The van der Waals surface area contributed by atoms with Crippen LogP contribution in [0.3, 0.4) is 0 Å². The molecule has 1 aliphatic carbocycles. The van der Waals surface area contributed by atoms with Crippen molar-refractivity contribution in [2.75, 3.05) is 6.54 Å². The second-order valence-electron chi connectivity index (χ2n) is 5.73. The summed E-state index contributed by atoms with van der Waals surface area (Å²) in [5.41, 5.74) is 0. The summed E-state index contributed by atoms with van der Waals surface area (Å²) in [7, 11) is 0. The van der Waals surface area contributed by atoms with Crippen molar-refractivity contribution < 1.29 is 14.7 Å². The summed E-state index contributed by atoms with van der Waals surface area (Å²) in [5.74, 6) is -1.02. The van der Waals surface area contributed by atoms with Crippen LogP contribution in [0.5, 0.6) is 0 Å². The molecule has 20 heavy (non-hydrogen) atoms. The van der Waals surface area contributed by atoms with Crippen LogP contribution in [-0.2, 0) is 4.79 Å². The predicted octanol–water partition coefficient (Wildman–Crippen LogP) is 2.85. The smallest absolute Gasteiger partial charge is 0.326 e. The third-order valence-corrected chi connectivity index (χ3v) is 4.38. The normalized spacial score (nSPS) is 19.1. The number of carboxylic acids is 1. The van der Waals surface area contributed by atoms with Gasteiger partial charge in [0.2, 0.25) is 0 Å². The van der Waals surface area contributed by atoms with Crippen molar-refractivity contribution >= 4 is 12.0 Å². The first-order valence-corrected chi connectivity index (χ1v) is 7.81. The first-order valence-electron chi connectivity index (χ1n) is 7.81. The van der Waals surface area contributed by atoms with Crippen LogP contribution in [0.15, 0.2) is 0 Å². The number of nitrogens with zero attached hydrogens (tertiary/aromatic N) is 1. The summed E-state index contributed by atoms with van der Waals surface area (Å²) in [4.78, 5) is 25.5. The number of aliphatic carboxylic acids is 1. The molecule has 116 valence electrons. The van der Waals surface area contributed by atoms with Crippen molar-refractivity contribution in [1.82, 2.24) is 10.2 Å². The van der Waals surface area contributed by atoms with Gasteiger partial charge in [-0.2, -0.15) is 0 Å². The Kier molecular flexibility index (Phi) is 6.82. The molecule has 0 aromatic rings. The zero-order valence-corrected chi connectivity index (χ0v) is 12.9. The molecule has 1 aliphatic rings. The Morgan fingerprint density at radius 3 is 2.30 bits per heavy atom. The first-order chi connectivity index (χ1) is 9.51. The van der Waals surface area contributed by atoms with Gasteiger partial charge in [0.05, 0.1) is 0 Å². The number of amides is 2. The molecule has 2 atom stereocenters. The largest absolute Gasteiger partial charge is 0.480 e. The third-order valence-electron chi connectivity index (χ3n) is 4.38. The van der Waals surface area contributed by atoms with E-state index in [0.29, 0.717) is 6.54 Å². The summed E-state index contributed by atoms with van der Waals surface area (Å²) in [6, 6.07) is -0.766. The molecule has 0 heterocycles. The fraction of sp³-hybridized carbons (Fsp3) is 0.867. The van der Waals surface area contributed by atoms with Crippen LogP contribution in [0.25, 0.3) is 0 Å². The lowest BCUT2D eigenvalue weighted by Crippen LogP contribution is -2.53. The molecule has 1 fully saturated rings. The van der Waals surface area contributed by atoms with Crippen molar-refractivity contribution in [2.24, 2.45) is 5.92 Å². The molecule has 0 saturated heterocycles. The minimum atomic E-state index is -0.951. The van der Waals surface area contributed by atoms with E-state index < -0.39 is 12.0 Å². The number of nitrogens with one attached hydrogen (secondary N) is 1. The predicted molar refractivity (Wildman–Crippen MR) is 78.7 cm³/mol. The Balaban J connectivity index is 2.67. The standard InChI is InChI=1S/C15H28N2O3/c1-4-11(3)13(14(18)19)16-15(20)17(5-2)12-9-7-6-8-10-12/h11-13H,4-10H2,1-3H3,(H,16,20)(H,18,19)/t11?,13-/m0/s1. The quantitative estimate of drug-likeness (QED) is 0.788. The molecule has 0 aliphatic heterocycles. The number of carbonyl (C=O) groups excluding carboxylic acids is 1. The molecule has 1 rings (SSSR count). The fourth-order valence-electron chi connectivity index (χ4n) is 2.86. The minimum Gasteiger partial charge on any atom is -0.480 e. The van der Waals surface area contributed by atoms with E-state index in [0.717, 1.165) is 32.1 Å². The highest BCUT2D eigenvalue weighted by atomic mass is 16.4. The van der Waals surface area contributed by atoms with Crippen LogP contribution in [0, 0.1) is 5.92 Å². The number of hydrogen-bond acceptors (Lipinski definition) is 2. The van der Waals surface area contributed by atoms with Crippen LogP contribution in [0.1, 0.15) is 59.3 Å². The van der Waals surface area contributed by atoms with Gasteiger partial charge in [-0.15, -0.1) is 0 Å². The second-order valence-corrected chi connectivity index (χ2v) is 5.73. The number of hydrogen-bond donors (Lipinski definition) is 2. The fourth-order valence-corrected chi connectivity index (χ4v) is 2.86. The van der Waals surface area contributed by atoms with Crippen molar-refractivity contribution in [3.8, 4) is 0 Å². The Labute approximate surface area is 121 Å². The minimum absolute atomic E-state index is 0.0680. The summed E-state index contributed by atoms with van der Waals surface area (Å²) in [5, 5.41) is 12.0. The Morgan fingerprint density at radius 1 is 1.25 bits per heavy atom. The molecule has 5 nitrogen and oxygen atoms in total. The van der Waals surface area contributed by atoms with E-state index in [1.165, 1.54) is 6.42 Å². The first kappa shape index (κ1) is 16.8. The van der Waals surface area contributed by atoms with Gasteiger partial charge >= 0.3 is 12.0 Å². The lowest BCUT2D eigenvalue weighted by atomic mass is 9.94. The number of carbonyl (C=O) groups is 2. The van der Waals surface area contributed by atoms with Gasteiger partial charge in [0, 0.05) is 12.6 Å². The van der Waals surface area contributed by atoms with Crippen LogP contribution in [-0.4, -0.2) is 40.6 Å². The summed E-state index contributed by atoms with van der Waals surface area (Å²) in [6.45, 7) is 6.37. The highest BCUT2D eigenvalue weighted by molar-refractivity contribution is 5.83. The monoisotopic (exact) mass is 284 g/mol. The van der Waals surface area contributed by atoms with Crippen molar-refractivity contribution in [3.05, 3.63) is 0 Å². The highest BCUT2D eigenvalue weighted by Gasteiger charge is 2.30. The summed E-state index contributed by atoms with van der Waals surface area (Å²) in [6.07, 6.45) is 6.34. The maximum atomic E-state index is 12.4. The molecule has 2 amide bonds. The Morgan fingerprint density at radius 2 is 1.85 bits per heavy atom. The Hall–Kier alpha value is -1.26. The lowest BCUT2D eigenvalue weighted by molar-refractivity contribution is -0.140. The highest BCUT2D eigenvalue weighted by Crippen LogP contribution is 2.22. The molecular formula is C15H28N2O3. The maximum absolute atomic E-state index is 12.4. The van der Waals surface area contributed by atoms with Crippen LogP contribution >= 0.6 is 0 Å². The third kappa shape index (κ3) is 4.39.